The van der Waals surface area contributed by atoms with E-state index in [2.05, 4.69) is 72.9 Å². The van der Waals surface area contributed by atoms with Crippen molar-refractivity contribution in [1.82, 2.24) is 19.9 Å². The van der Waals surface area contributed by atoms with E-state index in [-0.39, 0.29) is 57.4 Å². The van der Waals surface area contributed by atoms with Gasteiger partial charge in [0, 0.05) is 37.2 Å². The number of benzene rings is 2. The highest BCUT2D eigenvalue weighted by Gasteiger charge is 2.49. The van der Waals surface area contributed by atoms with E-state index in [1.54, 1.807) is 18.0 Å². The van der Waals surface area contributed by atoms with Crippen LogP contribution >= 0.6 is 0 Å². The van der Waals surface area contributed by atoms with Crippen molar-refractivity contribution in [3.63, 3.8) is 0 Å². The van der Waals surface area contributed by atoms with Crippen molar-refractivity contribution < 1.29 is 28.1 Å². The Hall–Kier alpha value is -3.92. The summed E-state index contributed by atoms with van der Waals surface area (Å²) in [5.74, 6) is 2.03. The summed E-state index contributed by atoms with van der Waals surface area (Å²) in [6, 6.07) is 5.26. The summed E-state index contributed by atoms with van der Waals surface area (Å²) in [6.45, 7) is 14.7. The lowest BCUT2D eigenvalue weighted by Gasteiger charge is -2.38. The van der Waals surface area contributed by atoms with E-state index in [1.807, 2.05) is 0 Å². The number of hydrogen-bond acceptors (Lipinski definition) is 8. The molecule has 0 bridgehead atoms. The number of fused-ring (bicyclic) bond motifs is 3. The van der Waals surface area contributed by atoms with Crippen LogP contribution in [-0.4, -0.2) is 88.7 Å². The number of aromatic nitrogens is 3. The SMILES string of the molecule is CC(C)[Si](C#Cc1c(F)ccc2cc(O)cc(-c3ncc4c(N(C)[C@H]5C[C@@H]5F)nc(OC[C@@]56CCCN5C[C@H](O)C6)nc4c3F)c12)(C(C)C)C(C)C. The molecule has 2 aliphatic heterocycles. The van der Waals surface area contributed by atoms with Crippen molar-refractivity contribution in [3.8, 4) is 34.5 Å². The first-order valence-corrected chi connectivity index (χ1v) is 20.7. The second-order valence-electron chi connectivity index (χ2n) is 16.0. The van der Waals surface area contributed by atoms with E-state index >= 15 is 8.78 Å². The smallest absolute Gasteiger partial charge is 0.319 e. The van der Waals surface area contributed by atoms with Gasteiger partial charge >= 0.3 is 6.01 Å². The van der Waals surface area contributed by atoms with Crippen molar-refractivity contribution in [2.75, 3.05) is 31.6 Å². The molecular formula is C40H48F3N5O3Si. The zero-order valence-corrected chi connectivity index (χ0v) is 32.0. The lowest BCUT2D eigenvalue weighted by molar-refractivity contribution is 0.107. The van der Waals surface area contributed by atoms with Gasteiger partial charge in [-0.25, -0.2) is 13.2 Å². The summed E-state index contributed by atoms with van der Waals surface area (Å²) >= 11 is 0. The van der Waals surface area contributed by atoms with Gasteiger partial charge in [-0.1, -0.05) is 53.5 Å². The Labute approximate surface area is 304 Å². The number of anilines is 1. The quantitative estimate of drug-likeness (QED) is 0.133. The predicted molar refractivity (Wildman–Crippen MR) is 201 cm³/mol. The number of rotatable bonds is 9. The monoisotopic (exact) mass is 731 g/mol. The highest BCUT2D eigenvalue weighted by atomic mass is 28.3. The van der Waals surface area contributed by atoms with Crippen molar-refractivity contribution in [1.29, 1.82) is 0 Å². The fourth-order valence-electron chi connectivity index (χ4n) is 9.28. The van der Waals surface area contributed by atoms with Gasteiger partial charge in [0.2, 0.25) is 0 Å². The molecule has 4 heterocycles. The first-order valence-electron chi connectivity index (χ1n) is 18.4. The summed E-state index contributed by atoms with van der Waals surface area (Å²) < 4.78 is 53.6. The van der Waals surface area contributed by atoms with E-state index < -0.39 is 38.0 Å². The minimum atomic E-state index is -2.28. The van der Waals surface area contributed by atoms with Gasteiger partial charge < -0.3 is 19.8 Å². The maximum Gasteiger partial charge on any atom is 0.319 e. The van der Waals surface area contributed by atoms with Gasteiger partial charge in [0.15, 0.2) is 5.82 Å². The van der Waals surface area contributed by atoms with Gasteiger partial charge in [0.05, 0.1) is 28.6 Å². The number of ether oxygens (including phenoxy) is 1. The van der Waals surface area contributed by atoms with Crippen LogP contribution in [0.1, 0.15) is 72.8 Å². The Morgan fingerprint density at radius 2 is 1.81 bits per heavy atom. The number of phenolic OH excluding ortho intramolecular Hbond substituents is 1. The largest absolute Gasteiger partial charge is 0.508 e. The standard InChI is InChI=1S/C40H48F3N5O3Si/c1-22(2)52(23(3)4,24(5)6)14-11-28-31(41)10-9-25-15-26(49)16-29(34(25)28)36-35(43)37-30(19-44-36)38(47(7)33-17-32(33)42)46-39(45-37)51-21-40-12-8-13-48(40)20-27(50)18-40/h9-10,15-16,19,22-24,27,32-33,49-50H,8,12-13,17-18,20-21H2,1-7H3/t27-,32+,33+,40+/m1/s1. The van der Waals surface area contributed by atoms with Crippen LogP contribution in [0.4, 0.5) is 19.0 Å². The third-order valence-electron chi connectivity index (χ3n) is 12.0. The number of aliphatic hydroxyl groups is 1. The lowest BCUT2D eigenvalue weighted by atomic mass is 9.94. The van der Waals surface area contributed by atoms with Crippen LogP contribution in [0.3, 0.4) is 0 Å². The number of alkyl halides is 1. The van der Waals surface area contributed by atoms with Crippen LogP contribution < -0.4 is 9.64 Å². The van der Waals surface area contributed by atoms with Crippen LogP contribution in [0.15, 0.2) is 30.5 Å². The number of hydrogen-bond donors (Lipinski definition) is 2. The topological polar surface area (TPSA) is 94.8 Å². The summed E-state index contributed by atoms with van der Waals surface area (Å²) in [5, 5.41) is 22.4. The summed E-state index contributed by atoms with van der Waals surface area (Å²) in [5.41, 5.74) is 4.22. The highest BCUT2D eigenvalue weighted by molar-refractivity contribution is 6.90. The molecule has 3 fully saturated rings. The summed E-state index contributed by atoms with van der Waals surface area (Å²) in [6.07, 6.45) is 2.65. The summed E-state index contributed by atoms with van der Waals surface area (Å²) in [7, 11) is -0.578. The molecule has 276 valence electrons. The Morgan fingerprint density at radius 3 is 2.48 bits per heavy atom. The molecule has 1 saturated carbocycles. The Kier molecular flexibility index (Phi) is 9.45. The second-order valence-corrected chi connectivity index (χ2v) is 21.6. The minimum Gasteiger partial charge on any atom is -0.508 e. The third-order valence-corrected chi connectivity index (χ3v) is 18.3. The zero-order chi connectivity index (χ0) is 37.3. The van der Waals surface area contributed by atoms with Crippen LogP contribution in [-0.2, 0) is 0 Å². The molecule has 2 aromatic heterocycles. The second kappa shape index (κ2) is 13.5. The maximum atomic E-state index is 17.1. The number of aromatic hydroxyl groups is 1. The number of phenols is 1. The van der Waals surface area contributed by atoms with Crippen molar-refractivity contribution in [2.24, 2.45) is 0 Å². The Morgan fingerprint density at radius 1 is 1.10 bits per heavy atom. The number of aliphatic hydroxyl groups excluding tert-OH is 1. The fourth-order valence-corrected chi connectivity index (χ4v) is 14.5. The van der Waals surface area contributed by atoms with Crippen molar-refractivity contribution in [2.45, 2.75) is 108 Å². The molecular weight excluding hydrogens is 684 g/mol. The van der Waals surface area contributed by atoms with Gasteiger partial charge in [-0.15, -0.1) is 5.54 Å². The normalized spacial score (nSPS) is 23.2. The van der Waals surface area contributed by atoms with Crippen molar-refractivity contribution >= 4 is 35.6 Å². The predicted octanol–water partition coefficient (Wildman–Crippen LogP) is 7.92. The van der Waals surface area contributed by atoms with Gasteiger partial charge in [-0.05, 0) is 66.0 Å². The molecule has 7 rings (SSSR count). The van der Waals surface area contributed by atoms with Crippen LogP contribution in [0.5, 0.6) is 11.8 Å². The number of halogens is 3. The average molecular weight is 732 g/mol. The first-order chi connectivity index (χ1) is 24.7. The Balaban J connectivity index is 1.40. The third kappa shape index (κ3) is 6.08. The molecule has 4 atom stereocenters. The van der Waals surface area contributed by atoms with E-state index in [9.17, 15) is 14.6 Å². The molecule has 0 spiro atoms. The molecule has 2 saturated heterocycles. The van der Waals surface area contributed by atoms with Gasteiger partial charge in [-0.2, -0.15) is 9.97 Å². The molecule has 3 aliphatic rings. The number of β-amino-alcohol motifs (C(OH)–C–C–N with tert-alkyl or cyclic N) is 1. The molecule has 0 radical (unpaired) electrons. The maximum absolute atomic E-state index is 17.1. The average Bonchev–Trinajstić information content (AvgIpc) is 3.56. The molecule has 12 heteroatoms. The van der Waals surface area contributed by atoms with Crippen LogP contribution in [0, 0.1) is 23.1 Å². The molecule has 0 unspecified atom stereocenters. The van der Waals surface area contributed by atoms with Crippen LogP contribution in [0.25, 0.3) is 32.9 Å². The first kappa shape index (κ1) is 36.4. The van der Waals surface area contributed by atoms with Gasteiger partial charge in [0.1, 0.15) is 49.4 Å². The van der Waals surface area contributed by atoms with E-state index in [1.165, 1.54) is 24.4 Å². The Bertz CT molecular complexity index is 2080. The molecule has 4 aromatic rings. The minimum absolute atomic E-state index is 0.0696. The molecule has 52 heavy (non-hydrogen) atoms. The molecule has 0 amide bonds. The van der Waals surface area contributed by atoms with E-state index in [0.29, 0.717) is 46.8 Å². The summed E-state index contributed by atoms with van der Waals surface area (Å²) in [4.78, 5) is 17.6. The van der Waals surface area contributed by atoms with Gasteiger partial charge in [0.25, 0.3) is 0 Å². The van der Waals surface area contributed by atoms with E-state index in [0.717, 1.165) is 19.4 Å². The zero-order valence-electron chi connectivity index (χ0n) is 31.0. The number of pyridine rings is 1. The molecule has 8 nitrogen and oxygen atoms in total. The lowest BCUT2D eigenvalue weighted by Crippen LogP contribution is -2.43. The fraction of sp³-hybridized carbons (Fsp3) is 0.525. The van der Waals surface area contributed by atoms with Crippen molar-refractivity contribution in [3.05, 3.63) is 47.7 Å². The highest BCUT2D eigenvalue weighted by Crippen LogP contribution is 2.44. The van der Waals surface area contributed by atoms with Crippen LogP contribution in [0.2, 0.25) is 16.6 Å². The molecule has 1 aliphatic carbocycles. The number of nitrogens with zero attached hydrogens (tertiary/aromatic N) is 5. The van der Waals surface area contributed by atoms with E-state index in [4.69, 9.17) is 4.74 Å². The molecule has 2 aromatic carbocycles. The van der Waals surface area contributed by atoms with Gasteiger partial charge in [-0.3, -0.25) is 9.88 Å². The molecule has 2 N–H and O–H groups in total.